The van der Waals surface area contributed by atoms with Gasteiger partial charge >= 0.3 is 0 Å². The number of hydrogen-bond acceptors (Lipinski definition) is 6. The van der Waals surface area contributed by atoms with E-state index < -0.39 is 0 Å². The number of thiophene rings is 1. The van der Waals surface area contributed by atoms with Crippen molar-refractivity contribution in [1.29, 1.82) is 0 Å². The van der Waals surface area contributed by atoms with Crippen LogP contribution in [0.25, 0.3) is 10.4 Å². The molecule has 4 rings (SSSR count). The molecule has 2 N–H and O–H groups in total. The number of rotatable bonds is 8. The summed E-state index contributed by atoms with van der Waals surface area (Å²) >= 11 is 3.62. The van der Waals surface area contributed by atoms with E-state index in [0.717, 1.165) is 54.0 Å². The Labute approximate surface area is 203 Å². The summed E-state index contributed by atoms with van der Waals surface area (Å²) in [7, 11) is 0. The van der Waals surface area contributed by atoms with Crippen LogP contribution in [0.4, 0.5) is 5.69 Å². The highest BCUT2D eigenvalue weighted by Gasteiger charge is 2.38. The topological polar surface area (TPSA) is 76.7 Å². The van der Waals surface area contributed by atoms with E-state index in [4.69, 9.17) is 9.57 Å². The third-order valence-electron chi connectivity index (χ3n) is 6.05. The second-order valence-electron chi connectivity index (χ2n) is 8.56. The maximum atomic E-state index is 12.8. The summed E-state index contributed by atoms with van der Waals surface area (Å²) in [6, 6.07) is 12.2. The lowest BCUT2D eigenvalue weighted by molar-refractivity contribution is -0.200. The van der Waals surface area contributed by atoms with Crippen LogP contribution in [0.15, 0.2) is 36.4 Å². The molecule has 0 bridgehead atoms. The molecule has 0 spiro atoms. The summed E-state index contributed by atoms with van der Waals surface area (Å²) in [5, 5.41) is 2.93. The Balaban J connectivity index is 1.47. The summed E-state index contributed by atoms with van der Waals surface area (Å²) in [5.74, 6) is 0.951. The lowest BCUT2D eigenvalue weighted by Crippen LogP contribution is -2.37. The van der Waals surface area contributed by atoms with E-state index in [1.165, 1.54) is 11.3 Å². The van der Waals surface area contributed by atoms with E-state index in [1.807, 2.05) is 36.9 Å². The van der Waals surface area contributed by atoms with Crippen molar-refractivity contribution in [3.8, 4) is 10.4 Å². The molecule has 2 aliphatic rings. The zero-order valence-corrected chi connectivity index (χ0v) is 20.7. The number of nitrogens with one attached hydrogen (secondary N) is 2. The maximum Gasteiger partial charge on any atom is 0.245 e. The van der Waals surface area contributed by atoms with Gasteiger partial charge in [-0.2, -0.15) is 0 Å². The van der Waals surface area contributed by atoms with Crippen LogP contribution < -0.4 is 10.8 Å². The zero-order chi connectivity index (χ0) is 23.1. The van der Waals surface area contributed by atoms with Gasteiger partial charge in [0.1, 0.15) is 0 Å². The molecule has 2 aliphatic heterocycles. The Kier molecular flexibility index (Phi) is 8.46. The third-order valence-corrected chi connectivity index (χ3v) is 9.13. The van der Waals surface area contributed by atoms with Crippen LogP contribution in [0.3, 0.4) is 0 Å². The number of amides is 2. The van der Waals surface area contributed by atoms with Gasteiger partial charge in [0.2, 0.25) is 11.8 Å². The van der Waals surface area contributed by atoms with Crippen molar-refractivity contribution in [3.63, 3.8) is 0 Å². The molecule has 33 heavy (non-hydrogen) atoms. The summed E-state index contributed by atoms with van der Waals surface area (Å²) < 4.78 is 5.31. The molecule has 8 heteroatoms. The van der Waals surface area contributed by atoms with Crippen molar-refractivity contribution in [2.45, 2.75) is 69.3 Å². The van der Waals surface area contributed by atoms with Gasteiger partial charge in [0.05, 0.1) is 4.75 Å². The Morgan fingerprint density at radius 2 is 2.06 bits per heavy atom. The molecule has 2 amide bonds. The van der Waals surface area contributed by atoms with E-state index in [9.17, 15) is 9.59 Å². The fraction of sp³-hybridized carbons (Fsp3) is 0.520. The highest BCUT2D eigenvalue weighted by atomic mass is 32.2. The average molecular weight is 489 g/mol. The van der Waals surface area contributed by atoms with E-state index >= 15 is 0 Å². The first-order valence-corrected chi connectivity index (χ1v) is 13.6. The average Bonchev–Trinajstić information content (AvgIpc) is 3.35. The van der Waals surface area contributed by atoms with Crippen molar-refractivity contribution >= 4 is 40.6 Å². The summed E-state index contributed by atoms with van der Waals surface area (Å²) in [5.41, 5.74) is 4.52. The van der Waals surface area contributed by atoms with Crippen LogP contribution in [0.2, 0.25) is 0 Å². The molecule has 2 aromatic rings. The van der Waals surface area contributed by atoms with E-state index in [1.54, 1.807) is 11.3 Å². The van der Waals surface area contributed by atoms with Crippen LogP contribution in [0, 0.1) is 0 Å². The Hall–Kier alpha value is -1.87. The maximum absolute atomic E-state index is 12.8. The number of thioether (sulfide) groups is 1. The molecule has 0 aliphatic carbocycles. The van der Waals surface area contributed by atoms with Gasteiger partial charge in [-0.25, -0.2) is 10.3 Å². The molecule has 0 radical (unpaired) electrons. The predicted molar refractivity (Wildman–Crippen MR) is 134 cm³/mol. The number of hydrogen-bond donors (Lipinski definition) is 2. The van der Waals surface area contributed by atoms with Crippen molar-refractivity contribution in [2.75, 3.05) is 17.7 Å². The van der Waals surface area contributed by atoms with Crippen LogP contribution in [0.1, 0.15) is 63.2 Å². The normalized spacial score (nSPS) is 23.1. The molecule has 1 aromatic carbocycles. The van der Waals surface area contributed by atoms with Crippen molar-refractivity contribution in [3.05, 3.63) is 41.3 Å². The standard InChI is InChI=1S/C25H32N2O4S2/c1-2-22(28)26-19-9-7-8-18(16-19)20-11-12-21(33-20)25(13-4-6-15-32-25)17-23(29)27-31-24-10-3-5-14-30-24/h7-9,11-12,16,24H,2-6,10,13-15,17H2,1H3,(H,26,28)(H,27,29)/t24?,25-/m0/s1. The fourth-order valence-corrected chi connectivity index (χ4v) is 7.13. The van der Waals surface area contributed by atoms with Crippen LogP contribution in [-0.2, 0) is 23.9 Å². The number of carbonyl (C=O) groups is 2. The molecule has 178 valence electrons. The lowest BCUT2D eigenvalue weighted by atomic mass is 9.94. The molecule has 1 unspecified atom stereocenters. The summed E-state index contributed by atoms with van der Waals surface area (Å²) in [4.78, 5) is 32.5. The first-order chi connectivity index (χ1) is 16.1. The number of benzene rings is 1. The summed E-state index contributed by atoms with van der Waals surface area (Å²) in [6.45, 7) is 2.52. The minimum absolute atomic E-state index is 0.00318. The number of carbonyl (C=O) groups excluding carboxylic acids is 2. The Bertz CT molecular complexity index is 949. The Morgan fingerprint density at radius 3 is 2.82 bits per heavy atom. The second-order valence-corrected chi connectivity index (χ2v) is 11.1. The van der Waals surface area contributed by atoms with Crippen molar-refractivity contribution in [2.24, 2.45) is 0 Å². The van der Waals surface area contributed by atoms with Gasteiger partial charge in [-0.1, -0.05) is 25.5 Å². The van der Waals surface area contributed by atoms with E-state index in [0.29, 0.717) is 19.4 Å². The predicted octanol–water partition coefficient (Wildman–Crippen LogP) is 5.84. The quantitative estimate of drug-likeness (QED) is 0.457. The minimum Gasteiger partial charge on any atom is -0.350 e. The van der Waals surface area contributed by atoms with Gasteiger partial charge in [0, 0.05) is 41.3 Å². The molecule has 3 heterocycles. The molecule has 2 saturated heterocycles. The molecule has 2 atom stereocenters. The SMILES string of the molecule is CCC(=O)Nc1cccc(-c2ccc([C@@]3(CC(=O)NOC4CCCCO4)CCCCS3)s2)c1. The highest BCUT2D eigenvalue weighted by Crippen LogP contribution is 2.51. The Morgan fingerprint density at radius 1 is 1.15 bits per heavy atom. The molecule has 0 saturated carbocycles. The first kappa shape index (κ1) is 24.3. The minimum atomic E-state index is -0.341. The number of anilines is 1. The van der Waals surface area contributed by atoms with Gasteiger partial charge in [0.15, 0.2) is 6.29 Å². The summed E-state index contributed by atoms with van der Waals surface area (Å²) in [6.07, 6.45) is 6.67. The number of hydroxylamine groups is 1. The van der Waals surface area contributed by atoms with Crippen LogP contribution in [-0.4, -0.2) is 30.5 Å². The zero-order valence-electron chi connectivity index (χ0n) is 19.1. The molecule has 2 fully saturated rings. The monoisotopic (exact) mass is 488 g/mol. The fourth-order valence-electron chi connectivity index (χ4n) is 4.24. The first-order valence-electron chi connectivity index (χ1n) is 11.8. The third kappa shape index (κ3) is 6.38. The van der Waals surface area contributed by atoms with Gasteiger partial charge in [-0.15, -0.1) is 23.1 Å². The van der Waals surface area contributed by atoms with Crippen LogP contribution in [0.5, 0.6) is 0 Å². The van der Waals surface area contributed by atoms with Gasteiger partial charge in [-0.05, 0) is 61.3 Å². The van der Waals surface area contributed by atoms with E-state index in [2.05, 4.69) is 29.0 Å². The van der Waals surface area contributed by atoms with Gasteiger partial charge in [-0.3, -0.25) is 9.59 Å². The largest absolute Gasteiger partial charge is 0.350 e. The van der Waals surface area contributed by atoms with E-state index in [-0.39, 0.29) is 22.9 Å². The smallest absolute Gasteiger partial charge is 0.245 e. The molecular weight excluding hydrogens is 456 g/mol. The lowest BCUT2D eigenvalue weighted by Gasteiger charge is -2.35. The number of ether oxygens (including phenoxy) is 1. The molecule has 1 aromatic heterocycles. The highest BCUT2D eigenvalue weighted by molar-refractivity contribution is 8.00. The van der Waals surface area contributed by atoms with Crippen LogP contribution >= 0.6 is 23.1 Å². The van der Waals surface area contributed by atoms with Crippen molar-refractivity contribution in [1.82, 2.24) is 5.48 Å². The van der Waals surface area contributed by atoms with Crippen molar-refractivity contribution < 1.29 is 19.2 Å². The van der Waals surface area contributed by atoms with Gasteiger partial charge < -0.3 is 10.1 Å². The second kappa shape index (κ2) is 11.5. The molecule has 6 nitrogen and oxygen atoms in total. The molecular formula is C25H32N2O4S2. The van der Waals surface area contributed by atoms with Gasteiger partial charge in [0.25, 0.3) is 0 Å².